The first kappa shape index (κ1) is 13.8. The van der Waals surface area contributed by atoms with Crippen LogP contribution in [0.25, 0.3) is 10.9 Å². The molecule has 0 amide bonds. The minimum Gasteiger partial charge on any atom is -0.310 e. The molecule has 1 heterocycles. The highest BCUT2D eigenvalue weighted by molar-refractivity contribution is 5.78. The largest absolute Gasteiger partial charge is 0.390 e. The highest BCUT2D eigenvalue weighted by atomic mass is 19.4. The third-order valence-corrected chi connectivity index (χ3v) is 2.92. The number of rotatable bonds is 4. The Bertz CT molecular complexity index is 552. The molecule has 102 valence electrons. The molecular formula is C14H15F3N2. The number of nitrogens with zero attached hydrogens (tertiary/aromatic N) is 1. The van der Waals surface area contributed by atoms with E-state index in [9.17, 15) is 13.2 Å². The van der Waals surface area contributed by atoms with Crippen molar-refractivity contribution in [2.24, 2.45) is 0 Å². The smallest absolute Gasteiger partial charge is 0.310 e. The van der Waals surface area contributed by atoms with E-state index in [4.69, 9.17) is 0 Å². The molecule has 0 radical (unpaired) electrons. The summed E-state index contributed by atoms with van der Waals surface area (Å²) in [6, 6.07) is 8.21. The fourth-order valence-corrected chi connectivity index (χ4v) is 2.09. The van der Waals surface area contributed by atoms with Gasteiger partial charge in [-0.1, -0.05) is 25.1 Å². The molecule has 19 heavy (non-hydrogen) atoms. The van der Waals surface area contributed by atoms with Crippen LogP contribution in [-0.4, -0.2) is 17.7 Å². The van der Waals surface area contributed by atoms with Crippen LogP contribution in [0.2, 0.25) is 0 Å². The maximum absolute atomic E-state index is 12.6. The van der Waals surface area contributed by atoms with Crippen molar-refractivity contribution in [1.82, 2.24) is 10.3 Å². The van der Waals surface area contributed by atoms with Crippen LogP contribution in [0.4, 0.5) is 13.2 Å². The first-order valence-corrected chi connectivity index (χ1v) is 6.14. The van der Waals surface area contributed by atoms with Gasteiger partial charge in [-0.25, -0.2) is 0 Å². The van der Waals surface area contributed by atoms with Crippen molar-refractivity contribution in [3.05, 3.63) is 42.1 Å². The molecule has 2 nitrogen and oxygen atoms in total. The van der Waals surface area contributed by atoms with Crippen molar-refractivity contribution in [2.45, 2.75) is 25.6 Å². The van der Waals surface area contributed by atoms with Crippen molar-refractivity contribution in [3.63, 3.8) is 0 Å². The Labute approximate surface area is 109 Å². The summed E-state index contributed by atoms with van der Waals surface area (Å²) >= 11 is 0. The van der Waals surface area contributed by atoms with Gasteiger partial charge in [-0.15, -0.1) is 0 Å². The number of fused-ring (bicyclic) bond motifs is 1. The van der Waals surface area contributed by atoms with Crippen LogP contribution in [0.15, 0.2) is 36.5 Å². The zero-order chi connectivity index (χ0) is 13.9. The van der Waals surface area contributed by atoms with E-state index in [-0.39, 0.29) is 0 Å². The molecule has 1 aromatic carbocycles. The Morgan fingerprint density at radius 2 is 2.05 bits per heavy atom. The van der Waals surface area contributed by atoms with Gasteiger partial charge in [0.2, 0.25) is 0 Å². The van der Waals surface area contributed by atoms with Gasteiger partial charge in [0.15, 0.2) is 0 Å². The standard InChI is InChI=1S/C14H15F3N2/c1-2-18-13(9-14(15,16)17)11-6-5-10-4-3-7-19-12(10)8-11/h3-8,13,18H,2,9H2,1H3. The molecule has 0 aliphatic heterocycles. The SMILES string of the molecule is CCNC(CC(F)(F)F)c1ccc2cccnc2c1. The Morgan fingerprint density at radius 1 is 1.26 bits per heavy atom. The van der Waals surface area contributed by atoms with Crippen molar-refractivity contribution in [1.29, 1.82) is 0 Å². The maximum Gasteiger partial charge on any atom is 0.390 e. The lowest BCUT2D eigenvalue weighted by molar-refractivity contribution is -0.140. The fourth-order valence-electron chi connectivity index (χ4n) is 2.09. The van der Waals surface area contributed by atoms with Crippen molar-refractivity contribution < 1.29 is 13.2 Å². The van der Waals surface area contributed by atoms with Gasteiger partial charge < -0.3 is 5.32 Å². The van der Waals surface area contributed by atoms with E-state index in [1.54, 1.807) is 37.4 Å². The van der Waals surface area contributed by atoms with E-state index in [0.717, 1.165) is 5.39 Å². The monoisotopic (exact) mass is 268 g/mol. The molecular weight excluding hydrogens is 253 g/mol. The number of alkyl halides is 3. The molecule has 0 aliphatic rings. The van der Waals surface area contributed by atoms with E-state index in [1.807, 2.05) is 6.07 Å². The van der Waals surface area contributed by atoms with Gasteiger partial charge in [0, 0.05) is 17.6 Å². The molecule has 2 aromatic rings. The van der Waals surface area contributed by atoms with Gasteiger partial charge in [0.1, 0.15) is 0 Å². The zero-order valence-electron chi connectivity index (χ0n) is 10.5. The van der Waals surface area contributed by atoms with Gasteiger partial charge in [-0.05, 0) is 24.2 Å². The number of benzene rings is 1. The summed E-state index contributed by atoms with van der Waals surface area (Å²) in [6.45, 7) is 2.28. The van der Waals surface area contributed by atoms with Crippen LogP contribution in [0.5, 0.6) is 0 Å². The van der Waals surface area contributed by atoms with Crippen LogP contribution in [0, 0.1) is 0 Å². The van der Waals surface area contributed by atoms with Crippen molar-refractivity contribution in [2.75, 3.05) is 6.54 Å². The van der Waals surface area contributed by atoms with Gasteiger partial charge >= 0.3 is 6.18 Å². The van der Waals surface area contributed by atoms with Crippen LogP contribution in [0.3, 0.4) is 0 Å². The molecule has 1 N–H and O–H groups in total. The molecule has 0 aliphatic carbocycles. The lowest BCUT2D eigenvalue weighted by atomic mass is 10.0. The average Bonchev–Trinajstić information content (AvgIpc) is 2.36. The number of nitrogens with one attached hydrogen (secondary N) is 1. The van der Waals surface area contributed by atoms with E-state index in [0.29, 0.717) is 17.6 Å². The lowest BCUT2D eigenvalue weighted by Gasteiger charge is -2.20. The summed E-state index contributed by atoms with van der Waals surface area (Å²) in [6.07, 6.45) is -3.43. The number of pyridine rings is 1. The lowest BCUT2D eigenvalue weighted by Crippen LogP contribution is -2.26. The molecule has 0 fully saturated rings. The van der Waals surface area contributed by atoms with Gasteiger partial charge in [-0.2, -0.15) is 13.2 Å². The molecule has 1 aromatic heterocycles. The van der Waals surface area contributed by atoms with Crippen LogP contribution in [0.1, 0.15) is 24.9 Å². The summed E-state index contributed by atoms with van der Waals surface area (Å²) in [5, 5.41) is 3.80. The third-order valence-electron chi connectivity index (χ3n) is 2.92. The first-order valence-electron chi connectivity index (χ1n) is 6.14. The minimum absolute atomic E-state index is 0.487. The number of halogens is 3. The molecule has 1 atom stereocenters. The predicted molar refractivity (Wildman–Crippen MR) is 68.8 cm³/mol. The highest BCUT2D eigenvalue weighted by Crippen LogP contribution is 2.30. The molecule has 0 saturated heterocycles. The molecule has 0 spiro atoms. The van der Waals surface area contributed by atoms with Crippen LogP contribution < -0.4 is 5.32 Å². The zero-order valence-corrected chi connectivity index (χ0v) is 10.5. The Kier molecular flexibility index (Phi) is 4.04. The fraction of sp³-hybridized carbons (Fsp3) is 0.357. The summed E-state index contributed by atoms with van der Waals surface area (Å²) in [5.74, 6) is 0. The van der Waals surface area contributed by atoms with E-state index < -0.39 is 18.6 Å². The van der Waals surface area contributed by atoms with E-state index in [1.165, 1.54) is 0 Å². The summed E-state index contributed by atoms with van der Waals surface area (Å²) in [5.41, 5.74) is 1.33. The average molecular weight is 268 g/mol. The normalized spacial score (nSPS) is 13.7. The van der Waals surface area contributed by atoms with Gasteiger partial charge in [0.25, 0.3) is 0 Å². The second-order valence-corrected chi connectivity index (χ2v) is 4.39. The molecule has 2 rings (SSSR count). The quantitative estimate of drug-likeness (QED) is 0.911. The molecule has 0 bridgehead atoms. The van der Waals surface area contributed by atoms with E-state index >= 15 is 0 Å². The number of hydrogen-bond acceptors (Lipinski definition) is 2. The predicted octanol–water partition coefficient (Wildman–Crippen LogP) is 3.84. The molecule has 5 heteroatoms. The molecule has 1 unspecified atom stereocenters. The number of aromatic nitrogens is 1. The Balaban J connectivity index is 2.33. The topological polar surface area (TPSA) is 24.9 Å². The van der Waals surface area contributed by atoms with Crippen LogP contribution in [-0.2, 0) is 0 Å². The van der Waals surface area contributed by atoms with E-state index in [2.05, 4.69) is 10.3 Å². The minimum atomic E-state index is -4.19. The van der Waals surface area contributed by atoms with Gasteiger partial charge in [-0.3, -0.25) is 4.98 Å². The van der Waals surface area contributed by atoms with Gasteiger partial charge in [0.05, 0.1) is 11.9 Å². The van der Waals surface area contributed by atoms with Crippen molar-refractivity contribution in [3.8, 4) is 0 Å². The highest BCUT2D eigenvalue weighted by Gasteiger charge is 2.32. The maximum atomic E-state index is 12.6. The Hall–Kier alpha value is -1.62. The summed E-state index contributed by atoms with van der Waals surface area (Å²) in [4.78, 5) is 4.17. The molecule has 0 saturated carbocycles. The Morgan fingerprint density at radius 3 is 2.74 bits per heavy atom. The summed E-state index contributed by atoms with van der Waals surface area (Å²) < 4.78 is 37.7. The van der Waals surface area contributed by atoms with Crippen molar-refractivity contribution >= 4 is 10.9 Å². The van der Waals surface area contributed by atoms with Crippen LogP contribution >= 0.6 is 0 Å². The second-order valence-electron chi connectivity index (χ2n) is 4.39. The second kappa shape index (κ2) is 5.57. The number of hydrogen-bond donors (Lipinski definition) is 1. The first-order chi connectivity index (χ1) is 8.99. The summed E-state index contributed by atoms with van der Waals surface area (Å²) in [7, 11) is 0. The third kappa shape index (κ3) is 3.67.